The van der Waals surface area contributed by atoms with Crippen LogP contribution in [0.25, 0.3) is 0 Å². The lowest BCUT2D eigenvalue weighted by atomic mass is 10.0. The van der Waals surface area contributed by atoms with Gasteiger partial charge >= 0.3 is 0 Å². The molecule has 0 aromatic heterocycles. The molecule has 1 aliphatic rings. The van der Waals surface area contributed by atoms with Crippen LogP contribution in [0.4, 0.5) is 0 Å². The van der Waals surface area contributed by atoms with Crippen LogP contribution < -0.4 is 0 Å². The van der Waals surface area contributed by atoms with Gasteiger partial charge in [0.05, 0.1) is 0 Å². The summed E-state index contributed by atoms with van der Waals surface area (Å²) in [4.78, 5) is 12.5. The summed E-state index contributed by atoms with van der Waals surface area (Å²) in [7, 11) is 0.214. The van der Waals surface area contributed by atoms with Crippen molar-refractivity contribution in [3.05, 3.63) is 29.8 Å². The fraction of sp³-hybridized carbons (Fsp3) is 0.500. The Bertz CT molecular complexity index is 403. The summed E-state index contributed by atoms with van der Waals surface area (Å²) in [6.07, 6.45) is 2.52. The summed E-state index contributed by atoms with van der Waals surface area (Å²) in [6.45, 7) is 4.13. The number of rotatable bonds is 3. The van der Waals surface area contributed by atoms with Crippen molar-refractivity contribution in [1.29, 1.82) is 0 Å². The molecular weight excluding hydrogens is 232 g/mol. The maximum atomic E-state index is 12.5. The van der Waals surface area contributed by atoms with Crippen molar-refractivity contribution >= 4 is 16.7 Å². The zero-order chi connectivity index (χ0) is 12.5. The number of aromatic hydroxyl groups is 1. The van der Waals surface area contributed by atoms with Crippen LogP contribution in [0, 0.1) is 0 Å². The quantitative estimate of drug-likeness (QED) is 0.662. The van der Waals surface area contributed by atoms with E-state index < -0.39 is 0 Å². The van der Waals surface area contributed by atoms with Crippen LogP contribution in [0.5, 0.6) is 5.75 Å². The maximum absolute atomic E-state index is 12.5. The van der Waals surface area contributed by atoms with Gasteiger partial charge in [-0.2, -0.15) is 0 Å². The van der Waals surface area contributed by atoms with Crippen molar-refractivity contribution in [2.75, 3.05) is 11.5 Å². The minimum absolute atomic E-state index is 0.211. The topological polar surface area (TPSA) is 37.3 Å². The largest absolute Gasteiger partial charge is 0.508 e. The van der Waals surface area contributed by atoms with Gasteiger partial charge in [-0.25, -0.2) is 0 Å². The first kappa shape index (κ1) is 12.5. The summed E-state index contributed by atoms with van der Waals surface area (Å²) >= 11 is 0. The highest BCUT2D eigenvalue weighted by Crippen LogP contribution is 2.30. The molecule has 2 rings (SSSR count). The van der Waals surface area contributed by atoms with Crippen LogP contribution in [-0.4, -0.2) is 27.1 Å². The minimum Gasteiger partial charge on any atom is -0.508 e. The van der Waals surface area contributed by atoms with Gasteiger partial charge < -0.3 is 5.11 Å². The molecule has 0 bridgehead atoms. The van der Waals surface area contributed by atoms with E-state index in [2.05, 4.69) is 13.8 Å². The standard InChI is InChI=1S/C14H18O2S/c1-14(2,17-9-3-4-10-17)13(16)11-5-7-12(15)8-6-11/h5-8H,3-4,9-10H2,1-2H3/p+1. The third-order valence-electron chi connectivity index (χ3n) is 3.43. The molecule has 0 amide bonds. The van der Waals surface area contributed by atoms with Gasteiger partial charge in [0, 0.05) is 16.5 Å². The van der Waals surface area contributed by atoms with Crippen LogP contribution >= 0.6 is 0 Å². The van der Waals surface area contributed by atoms with E-state index in [1.165, 1.54) is 24.3 Å². The number of carbonyl (C=O) groups excluding carboxylic acids is 1. The van der Waals surface area contributed by atoms with Crippen molar-refractivity contribution in [1.82, 2.24) is 0 Å². The van der Waals surface area contributed by atoms with Gasteiger partial charge in [-0.05, 0) is 51.0 Å². The molecule has 1 aromatic rings. The highest BCUT2D eigenvalue weighted by Gasteiger charge is 2.46. The lowest BCUT2D eigenvalue weighted by Crippen LogP contribution is -2.41. The van der Waals surface area contributed by atoms with Crippen LogP contribution in [0.3, 0.4) is 0 Å². The second-order valence-electron chi connectivity index (χ2n) is 4.99. The molecule has 1 aliphatic heterocycles. The molecule has 92 valence electrons. The van der Waals surface area contributed by atoms with E-state index in [1.807, 2.05) is 0 Å². The zero-order valence-corrected chi connectivity index (χ0v) is 11.2. The van der Waals surface area contributed by atoms with Crippen LogP contribution in [0.15, 0.2) is 24.3 Å². The Morgan fingerprint density at radius 3 is 2.24 bits per heavy atom. The fourth-order valence-corrected chi connectivity index (χ4v) is 4.97. The molecule has 3 heteroatoms. The molecule has 0 aliphatic carbocycles. The Morgan fingerprint density at radius 2 is 1.71 bits per heavy atom. The Balaban J connectivity index is 2.20. The third kappa shape index (κ3) is 2.49. The van der Waals surface area contributed by atoms with E-state index in [0.29, 0.717) is 5.56 Å². The lowest BCUT2D eigenvalue weighted by molar-refractivity contribution is 0.0956. The van der Waals surface area contributed by atoms with Crippen LogP contribution in [0.2, 0.25) is 0 Å². The molecule has 0 spiro atoms. The molecule has 1 fully saturated rings. The van der Waals surface area contributed by atoms with Gasteiger partial charge in [0.2, 0.25) is 5.78 Å². The second-order valence-corrected chi connectivity index (χ2v) is 7.82. The average Bonchev–Trinajstić information content (AvgIpc) is 2.83. The number of carbonyl (C=O) groups is 1. The first-order valence-electron chi connectivity index (χ1n) is 6.03. The summed E-state index contributed by atoms with van der Waals surface area (Å²) in [5, 5.41) is 9.24. The number of Topliss-reactive ketones (excluding diaryl/α,β-unsaturated/α-hetero) is 1. The van der Waals surface area contributed by atoms with Gasteiger partial charge in [0.15, 0.2) is 4.75 Å². The number of phenols is 1. The Hall–Kier alpha value is -0.960. The van der Waals surface area contributed by atoms with Gasteiger partial charge in [0.1, 0.15) is 17.3 Å². The predicted molar refractivity (Wildman–Crippen MR) is 72.8 cm³/mol. The van der Waals surface area contributed by atoms with Gasteiger partial charge in [-0.3, -0.25) is 4.79 Å². The summed E-state index contributed by atoms with van der Waals surface area (Å²) < 4.78 is -0.256. The highest BCUT2D eigenvalue weighted by atomic mass is 32.2. The van der Waals surface area contributed by atoms with Gasteiger partial charge in [-0.1, -0.05) is 0 Å². The summed E-state index contributed by atoms with van der Waals surface area (Å²) in [5.74, 6) is 2.80. The van der Waals surface area contributed by atoms with Crippen molar-refractivity contribution < 1.29 is 9.90 Å². The van der Waals surface area contributed by atoms with E-state index in [9.17, 15) is 9.90 Å². The molecule has 1 saturated heterocycles. The number of ketones is 1. The number of hydrogen-bond acceptors (Lipinski definition) is 2. The van der Waals surface area contributed by atoms with E-state index in [-0.39, 0.29) is 27.2 Å². The zero-order valence-electron chi connectivity index (χ0n) is 10.4. The minimum atomic E-state index is -0.256. The monoisotopic (exact) mass is 251 g/mol. The molecule has 2 nitrogen and oxygen atoms in total. The molecule has 0 radical (unpaired) electrons. The van der Waals surface area contributed by atoms with Gasteiger partial charge in [-0.15, -0.1) is 0 Å². The molecule has 0 saturated carbocycles. The number of hydrogen-bond donors (Lipinski definition) is 1. The molecule has 0 unspecified atom stereocenters. The first-order valence-corrected chi connectivity index (χ1v) is 7.59. The predicted octanol–water partition coefficient (Wildman–Crippen LogP) is 2.77. The van der Waals surface area contributed by atoms with Crippen LogP contribution in [0.1, 0.15) is 37.0 Å². The van der Waals surface area contributed by atoms with E-state index in [1.54, 1.807) is 24.3 Å². The molecule has 1 N–H and O–H groups in total. The van der Waals surface area contributed by atoms with E-state index in [0.717, 1.165) is 0 Å². The maximum Gasteiger partial charge on any atom is 0.217 e. The summed E-state index contributed by atoms with van der Waals surface area (Å²) in [5.41, 5.74) is 0.715. The summed E-state index contributed by atoms with van der Waals surface area (Å²) in [6, 6.07) is 6.61. The Labute approximate surface area is 105 Å². The van der Waals surface area contributed by atoms with E-state index in [4.69, 9.17) is 0 Å². The van der Waals surface area contributed by atoms with E-state index >= 15 is 0 Å². The molecular formula is C14H19O2S+. The smallest absolute Gasteiger partial charge is 0.217 e. The normalized spacial score (nSPS) is 17.3. The molecule has 17 heavy (non-hydrogen) atoms. The Kier molecular flexibility index (Phi) is 3.48. The molecule has 1 aromatic carbocycles. The molecule has 1 heterocycles. The van der Waals surface area contributed by atoms with Crippen molar-refractivity contribution in [2.45, 2.75) is 31.4 Å². The third-order valence-corrected chi connectivity index (χ3v) is 6.62. The highest BCUT2D eigenvalue weighted by molar-refractivity contribution is 7.99. The Morgan fingerprint density at radius 1 is 1.18 bits per heavy atom. The van der Waals surface area contributed by atoms with Crippen LogP contribution in [-0.2, 0) is 10.9 Å². The fourth-order valence-electron chi connectivity index (χ4n) is 2.26. The number of phenolic OH excluding ortho intramolecular Hbond substituents is 1. The lowest BCUT2D eigenvalue weighted by Gasteiger charge is -2.21. The molecule has 0 atom stereocenters. The average molecular weight is 251 g/mol. The van der Waals surface area contributed by atoms with Crippen molar-refractivity contribution in [3.63, 3.8) is 0 Å². The van der Waals surface area contributed by atoms with Crippen molar-refractivity contribution in [2.24, 2.45) is 0 Å². The first-order chi connectivity index (χ1) is 8.01. The SMILES string of the molecule is CC(C)(C(=O)c1ccc(O)cc1)[S+]1CCCC1. The second kappa shape index (κ2) is 4.73. The van der Waals surface area contributed by atoms with Gasteiger partial charge in [0.25, 0.3) is 0 Å². The van der Waals surface area contributed by atoms with Crippen molar-refractivity contribution in [3.8, 4) is 5.75 Å². The number of benzene rings is 1.